The zero-order chi connectivity index (χ0) is 37.9. The Morgan fingerprint density at radius 3 is 2.22 bits per heavy atom. The lowest BCUT2D eigenvalue weighted by Gasteiger charge is -2.36. The quantitative estimate of drug-likeness (QED) is 0.165. The maximum atomic E-state index is 14.3. The number of hydrogen-bond acceptors (Lipinski definition) is 10. The number of amides is 5. The van der Waals surface area contributed by atoms with Gasteiger partial charge in [0.1, 0.15) is 12.1 Å². The van der Waals surface area contributed by atoms with Crippen LogP contribution >= 0.6 is 23.5 Å². The lowest BCUT2D eigenvalue weighted by Crippen LogP contribution is -2.59. The number of alkyl carbamates (subject to hydrolysis) is 1. The van der Waals surface area contributed by atoms with Crippen LogP contribution in [-0.2, 0) is 33.5 Å². The smallest absolute Gasteiger partial charge is 0.407 e. The van der Waals surface area contributed by atoms with Crippen LogP contribution in [0.25, 0.3) is 0 Å². The topological polar surface area (TPSA) is 200 Å². The molecule has 4 atom stereocenters. The van der Waals surface area contributed by atoms with Gasteiger partial charge >= 0.3 is 12.1 Å². The molecular weight excluding hydrogens is 699 g/mol. The molecule has 0 aromatic heterocycles. The van der Waals surface area contributed by atoms with Crippen molar-refractivity contribution in [3.8, 4) is 0 Å². The van der Waals surface area contributed by atoms with E-state index in [1.807, 2.05) is 34.6 Å². The molecule has 282 valence electrons. The van der Waals surface area contributed by atoms with Gasteiger partial charge in [-0.3, -0.25) is 24.0 Å². The first-order valence-corrected chi connectivity index (χ1v) is 19.2. The van der Waals surface area contributed by atoms with Crippen molar-refractivity contribution < 1.29 is 43.4 Å². The Hall–Kier alpha value is -3.79. The minimum absolute atomic E-state index is 0.0911. The first-order chi connectivity index (χ1) is 24.0. The van der Waals surface area contributed by atoms with Crippen LogP contribution in [0.1, 0.15) is 78.8 Å². The van der Waals surface area contributed by atoms with Crippen LogP contribution < -0.4 is 21.3 Å². The van der Waals surface area contributed by atoms with Crippen LogP contribution in [0.4, 0.5) is 4.79 Å². The van der Waals surface area contributed by atoms with E-state index >= 15 is 0 Å². The van der Waals surface area contributed by atoms with Crippen LogP contribution in [0.15, 0.2) is 30.3 Å². The SMILES string of the molecule is CCCC(NC(=O)[C@@H]1CC2(CN1C(=O)[C@@H](NC(=O)OCC(C)C)C(C)(C)C)SCCCS2)C(=O)C(=O)NCC(=O)NC(C(=O)O)c1ccccc1. The summed E-state index contributed by atoms with van der Waals surface area (Å²) in [5.74, 6) is -3.49. The third-order valence-electron chi connectivity index (χ3n) is 8.35. The van der Waals surface area contributed by atoms with Gasteiger partial charge in [0, 0.05) is 13.0 Å². The standard InChI is InChI=1S/C35H51N5O9S2/c1-7-12-23(27(42)30(44)36-18-25(41)38-26(32(46)47)22-13-9-8-10-14-22)37-29(43)24-17-35(50-15-11-16-51-35)20-40(24)31(45)28(34(4,5)6)39-33(48)49-19-21(2)3/h8-10,13-14,21,23-24,26,28H,7,11-12,15-20H2,1-6H3,(H,36,44)(H,37,43)(H,38,41)(H,39,48)(H,46,47)/t23?,24-,26?,28+/m0/s1. The number of nitrogens with zero attached hydrogens (tertiary/aromatic N) is 1. The fourth-order valence-corrected chi connectivity index (χ4v) is 9.07. The van der Waals surface area contributed by atoms with Crippen LogP contribution in [-0.4, -0.2) is 105 Å². The fraction of sp³-hybridized carbons (Fsp3) is 0.629. The number of carboxylic acid groups (broad SMARTS) is 1. The molecule has 0 saturated carbocycles. The van der Waals surface area contributed by atoms with Crippen molar-refractivity contribution in [3.63, 3.8) is 0 Å². The molecule has 3 rings (SSSR count). The Morgan fingerprint density at radius 1 is 1.00 bits per heavy atom. The molecule has 2 saturated heterocycles. The second kappa shape index (κ2) is 18.6. The zero-order valence-electron chi connectivity index (χ0n) is 30.1. The van der Waals surface area contributed by atoms with Crippen LogP contribution in [0.5, 0.6) is 0 Å². The maximum absolute atomic E-state index is 14.3. The van der Waals surface area contributed by atoms with Gasteiger partial charge in [0.2, 0.25) is 23.5 Å². The largest absolute Gasteiger partial charge is 0.479 e. The molecule has 5 amide bonds. The number of hydrogen-bond donors (Lipinski definition) is 5. The van der Waals surface area contributed by atoms with Crippen molar-refractivity contribution in [2.75, 3.05) is 31.2 Å². The number of Topliss-reactive ketones (excluding diaryl/α,β-unsaturated/α-hetero) is 1. The summed E-state index contributed by atoms with van der Waals surface area (Å²) in [6, 6.07) is 3.40. The molecule has 0 bridgehead atoms. The third-order valence-corrected chi connectivity index (χ3v) is 11.7. The summed E-state index contributed by atoms with van der Waals surface area (Å²) < 4.78 is 4.84. The monoisotopic (exact) mass is 749 g/mol. The normalized spacial score (nSPS) is 18.6. The van der Waals surface area contributed by atoms with E-state index in [1.54, 1.807) is 48.6 Å². The van der Waals surface area contributed by atoms with Crippen LogP contribution in [0, 0.1) is 11.3 Å². The molecule has 2 heterocycles. The number of likely N-dealkylation sites (tertiary alicyclic amines) is 1. The molecule has 2 unspecified atom stereocenters. The minimum Gasteiger partial charge on any atom is -0.479 e. The number of aliphatic carboxylic acids is 1. The van der Waals surface area contributed by atoms with Crippen molar-refractivity contribution >= 4 is 65.0 Å². The van der Waals surface area contributed by atoms with Crippen molar-refractivity contribution in [3.05, 3.63) is 35.9 Å². The molecule has 1 aromatic carbocycles. The van der Waals surface area contributed by atoms with E-state index in [9.17, 15) is 38.7 Å². The van der Waals surface area contributed by atoms with E-state index in [2.05, 4.69) is 21.3 Å². The van der Waals surface area contributed by atoms with Gasteiger partial charge in [0.05, 0.1) is 23.3 Å². The molecular formula is C35H51N5O9S2. The number of carbonyl (C=O) groups excluding carboxylic acids is 6. The highest BCUT2D eigenvalue weighted by Gasteiger charge is 2.53. The summed E-state index contributed by atoms with van der Waals surface area (Å²) in [4.78, 5) is 93.1. The maximum Gasteiger partial charge on any atom is 0.407 e. The van der Waals surface area contributed by atoms with Crippen molar-refractivity contribution in [2.24, 2.45) is 11.3 Å². The molecule has 1 spiro atoms. The first kappa shape index (κ1) is 41.6. The number of nitrogens with one attached hydrogen (secondary N) is 4. The second-order valence-electron chi connectivity index (χ2n) is 14.2. The summed E-state index contributed by atoms with van der Waals surface area (Å²) in [5.41, 5.74) is -0.415. The average Bonchev–Trinajstić information content (AvgIpc) is 3.45. The van der Waals surface area contributed by atoms with Crippen LogP contribution in [0.2, 0.25) is 0 Å². The first-order valence-electron chi connectivity index (χ1n) is 17.2. The highest BCUT2D eigenvalue weighted by Crippen LogP contribution is 2.50. The van der Waals surface area contributed by atoms with Gasteiger partial charge in [-0.05, 0) is 41.2 Å². The summed E-state index contributed by atoms with van der Waals surface area (Å²) in [7, 11) is 0. The number of carbonyl (C=O) groups is 7. The highest BCUT2D eigenvalue weighted by atomic mass is 32.2. The summed E-state index contributed by atoms with van der Waals surface area (Å²) in [6.07, 6.45) is 1.10. The molecule has 51 heavy (non-hydrogen) atoms. The van der Waals surface area contributed by atoms with Crippen molar-refractivity contribution in [1.82, 2.24) is 26.2 Å². The number of ether oxygens (including phenoxy) is 1. The Bertz CT molecular complexity index is 1430. The van der Waals surface area contributed by atoms with Gasteiger partial charge in [0.25, 0.3) is 5.91 Å². The Labute approximate surface area is 307 Å². The highest BCUT2D eigenvalue weighted by molar-refractivity contribution is 8.18. The predicted molar refractivity (Wildman–Crippen MR) is 195 cm³/mol. The van der Waals surface area contributed by atoms with Crippen molar-refractivity contribution in [2.45, 2.75) is 95.5 Å². The van der Waals surface area contributed by atoms with Gasteiger partial charge in [-0.1, -0.05) is 78.3 Å². The Kier molecular flexibility index (Phi) is 15.2. The molecule has 0 aliphatic carbocycles. The number of rotatable bonds is 15. The van der Waals surface area contributed by atoms with Gasteiger partial charge < -0.3 is 36.0 Å². The van der Waals surface area contributed by atoms with Gasteiger partial charge in [0.15, 0.2) is 6.04 Å². The average molecular weight is 750 g/mol. The van der Waals surface area contributed by atoms with E-state index < -0.39 is 81.7 Å². The van der Waals surface area contributed by atoms with Crippen molar-refractivity contribution in [1.29, 1.82) is 0 Å². The Morgan fingerprint density at radius 2 is 1.65 bits per heavy atom. The van der Waals surface area contributed by atoms with Crippen LogP contribution in [0.3, 0.4) is 0 Å². The number of ketones is 1. The molecule has 1 aromatic rings. The molecule has 2 fully saturated rings. The molecule has 14 nitrogen and oxygen atoms in total. The summed E-state index contributed by atoms with van der Waals surface area (Å²) in [6.45, 7) is 10.7. The van der Waals surface area contributed by atoms with Gasteiger partial charge in [-0.2, -0.15) is 0 Å². The van der Waals surface area contributed by atoms with E-state index in [4.69, 9.17) is 4.74 Å². The lowest BCUT2D eigenvalue weighted by molar-refractivity contribution is -0.144. The second-order valence-corrected chi connectivity index (χ2v) is 17.4. The van der Waals surface area contributed by atoms with E-state index in [0.717, 1.165) is 17.9 Å². The fourth-order valence-electron chi connectivity index (χ4n) is 5.72. The molecule has 0 radical (unpaired) electrons. The number of carboxylic acids is 1. The predicted octanol–water partition coefficient (Wildman–Crippen LogP) is 2.86. The zero-order valence-corrected chi connectivity index (χ0v) is 31.7. The molecule has 2 aliphatic heterocycles. The van der Waals surface area contributed by atoms with E-state index in [-0.39, 0.29) is 25.5 Å². The summed E-state index contributed by atoms with van der Waals surface area (Å²) in [5, 5.41) is 19.6. The summed E-state index contributed by atoms with van der Waals surface area (Å²) >= 11 is 3.37. The number of benzene rings is 1. The van der Waals surface area contributed by atoms with Gasteiger partial charge in [-0.15, -0.1) is 23.5 Å². The molecule has 16 heteroatoms. The third kappa shape index (κ3) is 11.9. The van der Waals surface area contributed by atoms with Gasteiger partial charge in [-0.25, -0.2) is 9.59 Å². The lowest BCUT2D eigenvalue weighted by atomic mass is 9.85. The molecule has 2 aliphatic rings. The molecule has 5 N–H and O–H groups in total. The number of thioether (sulfide) groups is 2. The van der Waals surface area contributed by atoms with E-state index in [1.165, 1.54) is 17.0 Å². The Balaban J connectivity index is 1.75. The minimum atomic E-state index is -1.36. The van der Waals surface area contributed by atoms with E-state index in [0.29, 0.717) is 18.4 Å².